The predicted molar refractivity (Wildman–Crippen MR) is 60.8 cm³/mol. The normalized spacial score (nSPS) is 9.33. The van der Waals surface area contributed by atoms with E-state index in [0.717, 1.165) is 0 Å². The minimum atomic E-state index is -1.00. The second-order valence-corrected chi connectivity index (χ2v) is 3.59. The zero-order chi connectivity index (χ0) is 11.3. The fraction of sp³-hybridized carbons (Fsp3) is 0.200. The minimum Gasteiger partial charge on any atom is -0.478 e. The first-order valence-electron chi connectivity index (χ1n) is 4.21. The number of anilines is 1. The van der Waals surface area contributed by atoms with Crippen LogP contribution in [0.3, 0.4) is 0 Å². The lowest BCUT2D eigenvalue weighted by atomic mass is 10.3. The molecule has 0 spiro atoms. The number of nitrogens with one attached hydrogen (secondary N) is 1. The first-order chi connectivity index (χ1) is 7.15. The SMILES string of the molecule is C#CCCNc1ncc(C(=O)O)cc1Br. The molecule has 5 heteroatoms. The Morgan fingerprint density at radius 2 is 2.47 bits per heavy atom. The predicted octanol–water partition coefficient (Wildman–Crippen LogP) is 1.98. The van der Waals surface area contributed by atoms with Gasteiger partial charge in [-0.3, -0.25) is 0 Å². The molecule has 0 saturated carbocycles. The van der Waals surface area contributed by atoms with Gasteiger partial charge in [0.1, 0.15) is 5.82 Å². The van der Waals surface area contributed by atoms with Gasteiger partial charge in [-0.15, -0.1) is 12.3 Å². The highest BCUT2D eigenvalue weighted by molar-refractivity contribution is 9.10. The van der Waals surface area contributed by atoms with Crippen molar-refractivity contribution in [1.82, 2.24) is 4.98 Å². The fourth-order valence-corrected chi connectivity index (χ4v) is 1.43. The van der Waals surface area contributed by atoms with Gasteiger partial charge in [-0.25, -0.2) is 9.78 Å². The van der Waals surface area contributed by atoms with Gasteiger partial charge in [-0.1, -0.05) is 0 Å². The zero-order valence-electron chi connectivity index (χ0n) is 7.83. The van der Waals surface area contributed by atoms with Crippen molar-refractivity contribution < 1.29 is 9.90 Å². The number of halogens is 1. The standard InChI is InChI=1S/C10H9BrN2O2/c1-2-3-4-12-9-8(11)5-7(6-13-9)10(14)15/h1,5-6H,3-4H2,(H,12,13)(H,14,15). The molecular formula is C10H9BrN2O2. The molecule has 0 aliphatic carbocycles. The van der Waals surface area contributed by atoms with Crippen LogP contribution in [0.4, 0.5) is 5.82 Å². The quantitative estimate of drug-likeness (QED) is 0.648. The summed E-state index contributed by atoms with van der Waals surface area (Å²) in [7, 11) is 0. The second-order valence-electron chi connectivity index (χ2n) is 2.74. The molecule has 0 atom stereocenters. The molecule has 0 aliphatic heterocycles. The monoisotopic (exact) mass is 268 g/mol. The number of carboxylic acid groups (broad SMARTS) is 1. The molecule has 2 N–H and O–H groups in total. The summed E-state index contributed by atoms with van der Waals surface area (Å²) < 4.78 is 0.611. The van der Waals surface area contributed by atoms with Crippen LogP contribution in [-0.2, 0) is 0 Å². The van der Waals surface area contributed by atoms with Crippen LogP contribution < -0.4 is 5.32 Å². The lowest BCUT2D eigenvalue weighted by Crippen LogP contribution is -2.05. The van der Waals surface area contributed by atoms with Crippen molar-refractivity contribution in [2.45, 2.75) is 6.42 Å². The van der Waals surface area contributed by atoms with E-state index in [1.165, 1.54) is 12.3 Å². The van der Waals surface area contributed by atoms with Gasteiger partial charge < -0.3 is 10.4 Å². The maximum Gasteiger partial charge on any atom is 0.337 e. The molecule has 78 valence electrons. The molecule has 4 nitrogen and oxygen atoms in total. The molecule has 0 saturated heterocycles. The summed E-state index contributed by atoms with van der Waals surface area (Å²) in [6.45, 7) is 0.606. The number of carboxylic acids is 1. The van der Waals surface area contributed by atoms with Gasteiger partial charge in [0.2, 0.25) is 0 Å². The molecule has 0 fully saturated rings. The van der Waals surface area contributed by atoms with E-state index in [-0.39, 0.29) is 5.56 Å². The molecular weight excluding hydrogens is 260 g/mol. The number of carbonyl (C=O) groups is 1. The van der Waals surface area contributed by atoms with Gasteiger partial charge in [-0.05, 0) is 22.0 Å². The fourth-order valence-electron chi connectivity index (χ4n) is 0.938. The second kappa shape index (κ2) is 5.37. The van der Waals surface area contributed by atoms with Gasteiger partial charge >= 0.3 is 5.97 Å². The van der Waals surface area contributed by atoms with Crippen LogP contribution in [0.1, 0.15) is 16.8 Å². The number of hydrogen-bond acceptors (Lipinski definition) is 3. The van der Waals surface area contributed by atoms with E-state index in [1.807, 2.05) is 0 Å². The van der Waals surface area contributed by atoms with Crippen molar-refractivity contribution in [1.29, 1.82) is 0 Å². The van der Waals surface area contributed by atoms with Gasteiger partial charge in [0.25, 0.3) is 0 Å². The van der Waals surface area contributed by atoms with E-state index in [4.69, 9.17) is 11.5 Å². The summed E-state index contributed by atoms with van der Waals surface area (Å²) in [4.78, 5) is 14.6. The highest BCUT2D eigenvalue weighted by atomic mass is 79.9. The number of aromatic carboxylic acids is 1. The van der Waals surface area contributed by atoms with Crippen LogP contribution in [0.5, 0.6) is 0 Å². The Kier molecular flexibility index (Phi) is 4.13. The van der Waals surface area contributed by atoms with Crippen molar-refractivity contribution in [3.8, 4) is 12.3 Å². The Labute approximate surface area is 95.8 Å². The number of rotatable bonds is 4. The minimum absolute atomic E-state index is 0.143. The average molecular weight is 269 g/mol. The molecule has 0 aliphatic rings. The van der Waals surface area contributed by atoms with Crippen molar-refractivity contribution >= 4 is 27.7 Å². The third-order valence-electron chi connectivity index (χ3n) is 1.65. The summed E-state index contributed by atoms with van der Waals surface area (Å²) in [5, 5.41) is 11.7. The third-order valence-corrected chi connectivity index (χ3v) is 2.25. The van der Waals surface area contributed by atoms with Crippen LogP contribution in [0.15, 0.2) is 16.7 Å². The Bertz CT molecular complexity index is 412. The number of pyridine rings is 1. The molecule has 1 heterocycles. The third kappa shape index (κ3) is 3.26. The molecule has 0 aromatic carbocycles. The van der Waals surface area contributed by atoms with E-state index in [2.05, 4.69) is 32.2 Å². The molecule has 0 unspecified atom stereocenters. The highest BCUT2D eigenvalue weighted by Crippen LogP contribution is 2.20. The molecule has 1 rings (SSSR count). The maximum atomic E-state index is 10.6. The molecule has 0 bridgehead atoms. The molecule has 0 amide bonds. The van der Waals surface area contributed by atoms with E-state index in [0.29, 0.717) is 23.3 Å². The van der Waals surface area contributed by atoms with E-state index in [9.17, 15) is 4.79 Å². The van der Waals surface area contributed by atoms with Crippen molar-refractivity contribution in [2.24, 2.45) is 0 Å². The summed E-state index contributed by atoms with van der Waals surface area (Å²) in [6, 6.07) is 1.49. The topological polar surface area (TPSA) is 62.2 Å². The van der Waals surface area contributed by atoms with Gasteiger partial charge in [0.15, 0.2) is 0 Å². The van der Waals surface area contributed by atoms with E-state index >= 15 is 0 Å². The molecule has 15 heavy (non-hydrogen) atoms. The van der Waals surface area contributed by atoms with Gasteiger partial charge in [-0.2, -0.15) is 0 Å². The Morgan fingerprint density at radius 3 is 3.00 bits per heavy atom. The Balaban J connectivity index is 2.76. The lowest BCUT2D eigenvalue weighted by Gasteiger charge is -2.05. The van der Waals surface area contributed by atoms with Crippen LogP contribution in [0.2, 0.25) is 0 Å². The van der Waals surface area contributed by atoms with Crippen molar-refractivity contribution in [3.63, 3.8) is 0 Å². The summed E-state index contributed by atoms with van der Waals surface area (Å²) in [6.07, 6.45) is 6.98. The molecule has 0 radical (unpaired) electrons. The van der Waals surface area contributed by atoms with Crippen LogP contribution >= 0.6 is 15.9 Å². The van der Waals surface area contributed by atoms with Gasteiger partial charge in [0.05, 0.1) is 10.0 Å². The number of hydrogen-bond donors (Lipinski definition) is 2. The van der Waals surface area contributed by atoms with Crippen molar-refractivity contribution in [3.05, 3.63) is 22.3 Å². The average Bonchev–Trinajstić information content (AvgIpc) is 2.20. The highest BCUT2D eigenvalue weighted by Gasteiger charge is 2.07. The summed E-state index contributed by atoms with van der Waals surface area (Å²) in [5.74, 6) is 2.08. The molecule has 1 aromatic heterocycles. The largest absolute Gasteiger partial charge is 0.478 e. The first kappa shape index (κ1) is 11.5. The number of nitrogens with zero attached hydrogens (tertiary/aromatic N) is 1. The van der Waals surface area contributed by atoms with Crippen LogP contribution in [0, 0.1) is 12.3 Å². The smallest absolute Gasteiger partial charge is 0.337 e. The van der Waals surface area contributed by atoms with E-state index < -0.39 is 5.97 Å². The summed E-state index contributed by atoms with van der Waals surface area (Å²) in [5.41, 5.74) is 0.143. The first-order valence-corrected chi connectivity index (χ1v) is 5.00. The Hall–Kier alpha value is -1.54. The maximum absolute atomic E-state index is 10.6. The number of terminal acetylenes is 1. The summed E-state index contributed by atoms with van der Waals surface area (Å²) >= 11 is 3.23. The Morgan fingerprint density at radius 1 is 1.73 bits per heavy atom. The lowest BCUT2D eigenvalue weighted by molar-refractivity contribution is 0.0696. The van der Waals surface area contributed by atoms with Gasteiger partial charge in [0, 0.05) is 19.2 Å². The van der Waals surface area contributed by atoms with E-state index in [1.54, 1.807) is 0 Å². The van der Waals surface area contributed by atoms with Crippen LogP contribution in [-0.4, -0.2) is 22.6 Å². The number of aromatic nitrogens is 1. The molecule has 1 aromatic rings. The van der Waals surface area contributed by atoms with Crippen LogP contribution in [0.25, 0.3) is 0 Å². The van der Waals surface area contributed by atoms with Crippen molar-refractivity contribution in [2.75, 3.05) is 11.9 Å². The zero-order valence-corrected chi connectivity index (χ0v) is 9.41.